The zero-order valence-electron chi connectivity index (χ0n) is 19.5. The van der Waals surface area contributed by atoms with Gasteiger partial charge in [0.1, 0.15) is 16.9 Å². The second-order valence-corrected chi connectivity index (χ2v) is 9.39. The summed E-state index contributed by atoms with van der Waals surface area (Å²) < 4.78 is 17.6. The van der Waals surface area contributed by atoms with Gasteiger partial charge in [-0.25, -0.2) is 14.3 Å². The Kier molecular flexibility index (Phi) is 6.48. The molecule has 1 atom stereocenters. The summed E-state index contributed by atoms with van der Waals surface area (Å²) in [5, 5.41) is 9.34. The maximum atomic E-state index is 12.7. The number of nitrogens with one attached hydrogen (secondary N) is 2. The van der Waals surface area contributed by atoms with E-state index in [0.29, 0.717) is 11.3 Å². The molecule has 2 aromatic rings. The van der Waals surface area contributed by atoms with Gasteiger partial charge in [0.15, 0.2) is 6.10 Å². The lowest BCUT2D eigenvalue weighted by molar-refractivity contribution is -0.117. The van der Waals surface area contributed by atoms with Gasteiger partial charge in [-0.3, -0.25) is 10.1 Å². The van der Waals surface area contributed by atoms with Gasteiger partial charge < -0.3 is 19.5 Å². The highest BCUT2D eigenvalue weighted by molar-refractivity contribution is 6.05. The molecule has 3 rings (SSSR count). The number of anilines is 1. The molecule has 1 aliphatic rings. The number of hydrogen-bond donors (Lipinski definition) is 2. The molecule has 2 amide bonds. The number of nitrogens with zero attached hydrogens (tertiary/aromatic N) is 2. The molecule has 0 saturated heterocycles. The number of aromatic nitrogens is 2. The van der Waals surface area contributed by atoms with Gasteiger partial charge in [-0.15, -0.1) is 0 Å². The van der Waals surface area contributed by atoms with E-state index in [2.05, 4.69) is 15.7 Å². The number of rotatable bonds is 3. The van der Waals surface area contributed by atoms with E-state index >= 15 is 0 Å². The number of amides is 2. The maximum Gasteiger partial charge on any atom is 0.509 e. The standard InChI is InChI=1S/C23H28N4O6/c1-22(2,3)32-20(29)26-19(28)17-13-18(31-21(30)33-23(4,5)6)15-12-14(8-9-16(15)25-17)27-11-7-10-24-27/h7-13,18,25H,1-6H3,(H,26,28,29). The van der Waals surface area contributed by atoms with E-state index in [-0.39, 0.29) is 5.70 Å². The van der Waals surface area contributed by atoms with E-state index in [1.807, 2.05) is 0 Å². The molecule has 33 heavy (non-hydrogen) atoms. The molecule has 2 heterocycles. The average Bonchev–Trinajstić information content (AvgIpc) is 3.19. The van der Waals surface area contributed by atoms with Crippen molar-refractivity contribution in [2.45, 2.75) is 58.8 Å². The van der Waals surface area contributed by atoms with Gasteiger partial charge in [-0.2, -0.15) is 5.10 Å². The van der Waals surface area contributed by atoms with E-state index in [9.17, 15) is 14.4 Å². The zero-order valence-corrected chi connectivity index (χ0v) is 19.5. The first-order valence-electron chi connectivity index (χ1n) is 10.4. The van der Waals surface area contributed by atoms with Crippen LogP contribution in [0.4, 0.5) is 15.3 Å². The number of carbonyl (C=O) groups excluding carboxylic acids is 3. The van der Waals surface area contributed by atoms with Crippen LogP contribution in [0, 0.1) is 0 Å². The molecular weight excluding hydrogens is 428 g/mol. The van der Waals surface area contributed by atoms with Crippen LogP contribution in [0.5, 0.6) is 0 Å². The predicted octanol–water partition coefficient (Wildman–Crippen LogP) is 4.23. The summed E-state index contributed by atoms with van der Waals surface area (Å²) in [6, 6.07) is 7.08. The van der Waals surface area contributed by atoms with Crippen molar-refractivity contribution in [2.75, 3.05) is 5.32 Å². The zero-order chi connectivity index (χ0) is 24.4. The van der Waals surface area contributed by atoms with Gasteiger partial charge in [-0.05, 0) is 71.9 Å². The number of fused-ring (bicyclic) bond motifs is 1. The van der Waals surface area contributed by atoms with Gasteiger partial charge in [0.05, 0.1) is 5.69 Å². The first-order valence-corrected chi connectivity index (χ1v) is 10.4. The van der Waals surface area contributed by atoms with E-state index in [4.69, 9.17) is 14.2 Å². The van der Waals surface area contributed by atoms with Crippen LogP contribution < -0.4 is 10.6 Å². The lowest BCUT2D eigenvalue weighted by Crippen LogP contribution is -2.39. The average molecular weight is 456 g/mol. The van der Waals surface area contributed by atoms with E-state index in [1.165, 1.54) is 6.08 Å². The smallest absolute Gasteiger partial charge is 0.444 e. The Hall–Kier alpha value is -3.82. The number of alkyl carbamates (subject to hydrolysis) is 1. The Balaban J connectivity index is 1.89. The van der Waals surface area contributed by atoms with E-state index in [0.717, 1.165) is 5.69 Å². The molecule has 176 valence electrons. The van der Waals surface area contributed by atoms with Crippen LogP contribution in [0.15, 0.2) is 48.4 Å². The summed E-state index contributed by atoms with van der Waals surface area (Å²) in [6.07, 6.45) is 2.08. The highest BCUT2D eigenvalue weighted by Crippen LogP contribution is 2.35. The third-order valence-electron chi connectivity index (χ3n) is 4.17. The van der Waals surface area contributed by atoms with Crippen LogP contribution >= 0.6 is 0 Å². The van der Waals surface area contributed by atoms with Crippen molar-refractivity contribution in [1.29, 1.82) is 0 Å². The molecule has 0 radical (unpaired) electrons. The third-order valence-corrected chi connectivity index (χ3v) is 4.17. The first kappa shape index (κ1) is 23.8. The molecule has 0 fully saturated rings. The number of carbonyl (C=O) groups is 3. The van der Waals surface area contributed by atoms with Crippen molar-refractivity contribution >= 4 is 23.8 Å². The second-order valence-electron chi connectivity index (χ2n) is 9.39. The summed E-state index contributed by atoms with van der Waals surface area (Å²) in [5.41, 5.74) is 0.335. The van der Waals surface area contributed by atoms with Gasteiger partial charge in [0.25, 0.3) is 5.91 Å². The van der Waals surface area contributed by atoms with Crippen molar-refractivity contribution in [3.8, 4) is 5.69 Å². The molecule has 1 aliphatic heterocycles. The SMILES string of the molecule is CC(C)(C)OC(=O)NC(=O)C1=CC(OC(=O)OC(C)(C)C)c2cc(-n3cccn3)ccc2N1. The van der Waals surface area contributed by atoms with Crippen LogP contribution in [-0.2, 0) is 19.0 Å². The fraction of sp³-hybridized carbons (Fsp3) is 0.391. The highest BCUT2D eigenvalue weighted by Gasteiger charge is 2.30. The van der Waals surface area contributed by atoms with E-state index < -0.39 is 35.5 Å². The normalized spacial score (nSPS) is 15.5. The van der Waals surface area contributed by atoms with Crippen molar-refractivity contribution in [1.82, 2.24) is 15.1 Å². The monoisotopic (exact) mass is 456 g/mol. The molecule has 2 N–H and O–H groups in total. The fourth-order valence-corrected chi connectivity index (χ4v) is 2.96. The van der Waals surface area contributed by atoms with Crippen LogP contribution in [-0.4, -0.2) is 39.1 Å². The highest BCUT2D eigenvalue weighted by atomic mass is 16.7. The number of imide groups is 1. The molecule has 0 aliphatic carbocycles. The summed E-state index contributed by atoms with van der Waals surface area (Å²) in [6.45, 7) is 10.2. The first-order chi connectivity index (χ1) is 15.3. The molecule has 1 aromatic carbocycles. The van der Waals surface area contributed by atoms with Gasteiger partial charge in [0.2, 0.25) is 0 Å². The lowest BCUT2D eigenvalue weighted by Gasteiger charge is -2.27. The molecule has 10 nitrogen and oxygen atoms in total. The second kappa shape index (κ2) is 8.97. The minimum atomic E-state index is -0.953. The van der Waals surface area contributed by atoms with Crippen LogP contribution in [0.3, 0.4) is 0 Å². The summed E-state index contributed by atoms with van der Waals surface area (Å²) in [7, 11) is 0. The molecule has 1 unspecified atom stereocenters. The van der Waals surface area contributed by atoms with Crippen LogP contribution in [0.2, 0.25) is 0 Å². The van der Waals surface area contributed by atoms with Gasteiger partial charge >= 0.3 is 12.2 Å². The summed E-state index contributed by atoms with van der Waals surface area (Å²) in [4.78, 5) is 37.1. The van der Waals surface area contributed by atoms with Crippen molar-refractivity contribution in [3.05, 3.63) is 54.0 Å². The van der Waals surface area contributed by atoms with E-state index in [1.54, 1.807) is 82.9 Å². The molecule has 0 bridgehead atoms. The fourth-order valence-electron chi connectivity index (χ4n) is 2.96. The molecule has 10 heteroatoms. The minimum Gasteiger partial charge on any atom is -0.444 e. The van der Waals surface area contributed by atoms with Crippen LogP contribution in [0.1, 0.15) is 53.2 Å². The van der Waals surface area contributed by atoms with Crippen molar-refractivity contribution in [2.24, 2.45) is 0 Å². The minimum absolute atomic E-state index is 0.0220. The van der Waals surface area contributed by atoms with Gasteiger partial charge in [-0.1, -0.05) is 0 Å². The number of hydrogen-bond acceptors (Lipinski definition) is 8. The van der Waals surface area contributed by atoms with Gasteiger partial charge in [0, 0.05) is 23.6 Å². The van der Waals surface area contributed by atoms with Crippen molar-refractivity contribution < 1.29 is 28.6 Å². The molecule has 0 spiro atoms. The quantitative estimate of drug-likeness (QED) is 0.659. The summed E-state index contributed by atoms with van der Waals surface area (Å²) in [5.74, 6) is -0.733. The third kappa shape index (κ3) is 6.58. The number of benzene rings is 1. The Morgan fingerprint density at radius 1 is 1.06 bits per heavy atom. The van der Waals surface area contributed by atoms with Crippen molar-refractivity contribution in [3.63, 3.8) is 0 Å². The number of ether oxygens (including phenoxy) is 3. The Morgan fingerprint density at radius 2 is 1.76 bits per heavy atom. The van der Waals surface area contributed by atoms with Crippen LogP contribution in [0.25, 0.3) is 5.69 Å². The molecular formula is C23H28N4O6. The Morgan fingerprint density at radius 3 is 2.36 bits per heavy atom. The predicted molar refractivity (Wildman–Crippen MR) is 120 cm³/mol. The Bertz CT molecular complexity index is 1080. The molecule has 1 aromatic heterocycles. The lowest BCUT2D eigenvalue weighted by atomic mass is 10.0. The largest absolute Gasteiger partial charge is 0.509 e. The molecule has 0 saturated carbocycles. The Labute approximate surface area is 191 Å². The topological polar surface area (TPSA) is 121 Å². The summed E-state index contributed by atoms with van der Waals surface area (Å²) >= 11 is 0. The maximum absolute atomic E-state index is 12.7.